The molecule has 1 heterocycles. The number of hydrogen-bond donors (Lipinski definition) is 1. The van der Waals surface area contributed by atoms with E-state index in [-0.39, 0.29) is 22.7 Å². The second kappa shape index (κ2) is 7.39. The number of fused-ring (bicyclic) bond motifs is 1. The van der Waals surface area contributed by atoms with Gasteiger partial charge in [-0.1, -0.05) is 24.3 Å². The van der Waals surface area contributed by atoms with Crippen LogP contribution in [-0.4, -0.2) is 35.4 Å². The maximum atomic E-state index is 12.6. The van der Waals surface area contributed by atoms with Crippen LogP contribution in [0.5, 0.6) is 0 Å². The van der Waals surface area contributed by atoms with Gasteiger partial charge in [0.2, 0.25) is 0 Å². The van der Waals surface area contributed by atoms with E-state index in [1.165, 1.54) is 22.9 Å². The third-order valence-electron chi connectivity index (χ3n) is 4.19. The molecule has 0 aliphatic carbocycles. The summed E-state index contributed by atoms with van der Waals surface area (Å²) in [5.74, 6) is 0. The van der Waals surface area contributed by atoms with Crippen LogP contribution in [0, 0.1) is 10.1 Å². The number of nitro benzene ring substituents is 1. The third kappa shape index (κ3) is 3.86. The topological polar surface area (TPSA) is 124 Å². The molecule has 0 amide bonds. The van der Waals surface area contributed by atoms with Crippen molar-refractivity contribution in [2.45, 2.75) is 24.4 Å². The normalized spacial score (nSPS) is 12.6. The van der Waals surface area contributed by atoms with Crippen molar-refractivity contribution in [2.24, 2.45) is 0 Å². The Kier molecular flexibility index (Phi) is 5.14. The van der Waals surface area contributed by atoms with Gasteiger partial charge in [0.1, 0.15) is 10.6 Å². The highest BCUT2D eigenvalue weighted by Gasteiger charge is 2.26. The summed E-state index contributed by atoms with van der Waals surface area (Å²) in [5.41, 5.74) is -0.726. The van der Waals surface area contributed by atoms with Crippen LogP contribution < -0.4 is 10.9 Å². The molecule has 1 N–H and O–H groups in total. The summed E-state index contributed by atoms with van der Waals surface area (Å²) in [6, 6.07) is 10.7. The van der Waals surface area contributed by atoms with E-state index in [1.807, 2.05) is 6.07 Å². The standard InChI is InChI=1S/C18H18N4O5S/c1-12(11-21-18(23)14-7-4-3-6-13(14)10-19-21)20-15-8-5-9-16(28(2,26)27)17(15)22(24)25/h3-10,12,20H,11H2,1-2H3. The minimum Gasteiger partial charge on any atom is -0.375 e. The summed E-state index contributed by atoms with van der Waals surface area (Å²) >= 11 is 0. The van der Waals surface area contributed by atoms with Crippen molar-refractivity contribution in [3.63, 3.8) is 0 Å². The highest BCUT2D eigenvalue weighted by molar-refractivity contribution is 7.90. The molecule has 28 heavy (non-hydrogen) atoms. The zero-order valence-corrected chi connectivity index (χ0v) is 16.0. The lowest BCUT2D eigenvalue weighted by atomic mass is 10.2. The average Bonchev–Trinajstić information content (AvgIpc) is 2.63. The molecule has 3 aromatic rings. The number of para-hydroxylation sites is 1. The minimum atomic E-state index is -3.78. The maximum Gasteiger partial charge on any atom is 0.310 e. The fraction of sp³-hybridized carbons (Fsp3) is 0.222. The largest absolute Gasteiger partial charge is 0.375 e. The summed E-state index contributed by atoms with van der Waals surface area (Å²) < 4.78 is 25.0. The molecule has 0 saturated heterocycles. The smallest absolute Gasteiger partial charge is 0.310 e. The average molecular weight is 402 g/mol. The first kappa shape index (κ1) is 19.5. The van der Waals surface area contributed by atoms with Crippen LogP contribution in [0.3, 0.4) is 0 Å². The van der Waals surface area contributed by atoms with Crippen LogP contribution in [0.2, 0.25) is 0 Å². The first-order valence-electron chi connectivity index (χ1n) is 8.37. The quantitative estimate of drug-likeness (QED) is 0.495. The summed E-state index contributed by atoms with van der Waals surface area (Å²) in [6.45, 7) is 1.87. The molecule has 0 spiro atoms. The highest BCUT2D eigenvalue weighted by Crippen LogP contribution is 2.32. The number of hydrogen-bond acceptors (Lipinski definition) is 7. The maximum absolute atomic E-state index is 12.6. The van der Waals surface area contributed by atoms with Gasteiger partial charge in [-0.2, -0.15) is 5.10 Å². The van der Waals surface area contributed by atoms with E-state index in [4.69, 9.17) is 0 Å². The van der Waals surface area contributed by atoms with Crippen molar-refractivity contribution in [3.8, 4) is 0 Å². The lowest BCUT2D eigenvalue weighted by Crippen LogP contribution is -2.31. The molecule has 10 heteroatoms. The van der Waals surface area contributed by atoms with Crippen LogP contribution >= 0.6 is 0 Å². The van der Waals surface area contributed by atoms with Crippen LogP contribution in [0.25, 0.3) is 10.8 Å². The third-order valence-corrected chi connectivity index (χ3v) is 5.32. The van der Waals surface area contributed by atoms with E-state index in [0.29, 0.717) is 5.39 Å². The van der Waals surface area contributed by atoms with Crippen molar-refractivity contribution in [1.29, 1.82) is 0 Å². The fourth-order valence-electron chi connectivity index (χ4n) is 2.95. The Labute approximate surface area is 160 Å². The van der Waals surface area contributed by atoms with E-state index in [9.17, 15) is 23.3 Å². The number of nitrogens with one attached hydrogen (secondary N) is 1. The van der Waals surface area contributed by atoms with E-state index < -0.39 is 26.5 Å². The molecule has 1 atom stereocenters. The van der Waals surface area contributed by atoms with Gasteiger partial charge in [-0.05, 0) is 25.1 Å². The first-order valence-corrected chi connectivity index (χ1v) is 10.3. The van der Waals surface area contributed by atoms with Crippen LogP contribution in [0.15, 0.2) is 58.4 Å². The Morgan fingerprint density at radius 2 is 1.93 bits per heavy atom. The number of nitro groups is 1. The molecular weight excluding hydrogens is 384 g/mol. The number of anilines is 1. The van der Waals surface area contributed by atoms with Gasteiger partial charge in [-0.25, -0.2) is 13.1 Å². The molecule has 9 nitrogen and oxygen atoms in total. The van der Waals surface area contributed by atoms with Gasteiger partial charge >= 0.3 is 5.69 Å². The van der Waals surface area contributed by atoms with E-state index in [1.54, 1.807) is 31.3 Å². The second-order valence-corrected chi connectivity index (χ2v) is 8.43. The molecule has 1 aromatic heterocycles. The Morgan fingerprint density at radius 1 is 1.21 bits per heavy atom. The van der Waals surface area contributed by atoms with Crippen molar-refractivity contribution in [1.82, 2.24) is 9.78 Å². The summed E-state index contributed by atoms with van der Waals surface area (Å²) in [6.07, 6.45) is 2.50. The summed E-state index contributed by atoms with van der Waals surface area (Å²) in [4.78, 5) is 22.9. The SMILES string of the molecule is CC(Cn1ncc2ccccc2c1=O)Nc1cccc(S(C)(=O)=O)c1[N+](=O)[O-]. The molecular formula is C18H18N4O5S. The van der Waals surface area contributed by atoms with Gasteiger partial charge < -0.3 is 5.32 Å². The highest BCUT2D eigenvalue weighted by atomic mass is 32.2. The van der Waals surface area contributed by atoms with Gasteiger partial charge in [-0.15, -0.1) is 0 Å². The fourth-order valence-corrected chi connectivity index (χ4v) is 3.82. The van der Waals surface area contributed by atoms with Gasteiger partial charge in [0.25, 0.3) is 5.56 Å². The number of aromatic nitrogens is 2. The van der Waals surface area contributed by atoms with Crippen LogP contribution in [0.1, 0.15) is 6.92 Å². The van der Waals surface area contributed by atoms with E-state index >= 15 is 0 Å². The number of nitrogens with zero attached hydrogens (tertiary/aromatic N) is 3. The summed E-state index contributed by atoms with van der Waals surface area (Å²) in [7, 11) is -3.78. The molecule has 0 aliphatic heterocycles. The summed E-state index contributed by atoms with van der Waals surface area (Å²) in [5, 5.41) is 19.8. The molecule has 0 aliphatic rings. The van der Waals surface area contributed by atoms with Crippen molar-refractivity contribution >= 4 is 32.0 Å². The lowest BCUT2D eigenvalue weighted by Gasteiger charge is -2.17. The number of benzene rings is 2. The van der Waals surface area contributed by atoms with Crippen LogP contribution in [0.4, 0.5) is 11.4 Å². The Bertz CT molecular complexity index is 1220. The zero-order chi connectivity index (χ0) is 20.5. The van der Waals surface area contributed by atoms with Crippen molar-refractivity contribution in [2.75, 3.05) is 11.6 Å². The molecule has 0 bridgehead atoms. The molecule has 0 saturated carbocycles. The molecule has 3 rings (SSSR count). The van der Waals surface area contributed by atoms with Gasteiger partial charge in [-0.3, -0.25) is 14.9 Å². The zero-order valence-electron chi connectivity index (χ0n) is 15.2. The van der Waals surface area contributed by atoms with E-state index in [0.717, 1.165) is 11.6 Å². The minimum absolute atomic E-state index is 0.0641. The molecule has 0 fully saturated rings. The lowest BCUT2D eigenvalue weighted by molar-refractivity contribution is -0.386. The number of sulfone groups is 1. The van der Waals surface area contributed by atoms with E-state index in [2.05, 4.69) is 10.4 Å². The van der Waals surface area contributed by atoms with Gasteiger partial charge in [0.05, 0.1) is 23.1 Å². The second-order valence-electron chi connectivity index (χ2n) is 6.45. The predicted octanol–water partition coefficient (Wildman–Crippen LogP) is 2.21. The van der Waals surface area contributed by atoms with Crippen LogP contribution in [-0.2, 0) is 16.4 Å². The predicted molar refractivity (Wildman–Crippen MR) is 105 cm³/mol. The number of rotatable bonds is 6. The Balaban J connectivity index is 1.92. The van der Waals surface area contributed by atoms with Crippen molar-refractivity contribution in [3.05, 3.63) is 69.1 Å². The Morgan fingerprint density at radius 3 is 2.61 bits per heavy atom. The molecule has 146 valence electrons. The monoisotopic (exact) mass is 402 g/mol. The van der Waals surface area contributed by atoms with Crippen molar-refractivity contribution < 1.29 is 13.3 Å². The van der Waals surface area contributed by atoms with Gasteiger partial charge in [0, 0.05) is 17.7 Å². The Hall–Kier alpha value is -3.27. The van der Waals surface area contributed by atoms with Gasteiger partial charge in [0.15, 0.2) is 9.84 Å². The first-order chi connectivity index (χ1) is 13.2. The molecule has 2 aromatic carbocycles. The molecule has 0 radical (unpaired) electrons. The molecule has 1 unspecified atom stereocenters.